The summed E-state index contributed by atoms with van der Waals surface area (Å²) >= 11 is 0. The van der Waals surface area contributed by atoms with Gasteiger partial charge in [0.1, 0.15) is 0 Å². The second-order valence-electron chi connectivity index (χ2n) is 5.89. The highest BCUT2D eigenvalue weighted by Crippen LogP contribution is 2.24. The van der Waals surface area contributed by atoms with E-state index >= 15 is 0 Å². The van der Waals surface area contributed by atoms with Crippen molar-refractivity contribution in [3.8, 4) is 0 Å². The Labute approximate surface area is 123 Å². The predicted molar refractivity (Wildman–Crippen MR) is 83.0 cm³/mol. The van der Waals surface area contributed by atoms with E-state index in [0.29, 0.717) is 23.7 Å². The fourth-order valence-corrected chi connectivity index (χ4v) is 3.01. The molecule has 0 radical (unpaired) electrons. The summed E-state index contributed by atoms with van der Waals surface area (Å²) in [7, 11) is 0. The third kappa shape index (κ3) is 3.03. The zero-order valence-corrected chi connectivity index (χ0v) is 11.9. The van der Waals surface area contributed by atoms with Gasteiger partial charge in [0.25, 0.3) is 5.91 Å². The fourth-order valence-electron chi connectivity index (χ4n) is 3.01. The molecule has 0 unspecified atom stereocenters. The van der Waals surface area contributed by atoms with Crippen LogP contribution in [-0.2, 0) is 0 Å². The van der Waals surface area contributed by atoms with E-state index in [1.54, 1.807) is 12.3 Å². The third-order valence-corrected chi connectivity index (χ3v) is 4.32. The zero-order chi connectivity index (χ0) is 14.8. The molecule has 1 fully saturated rings. The van der Waals surface area contributed by atoms with Crippen LogP contribution >= 0.6 is 0 Å². The van der Waals surface area contributed by atoms with Crippen LogP contribution in [0.5, 0.6) is 0 Å². The van der Waals surface area contributed by atoms with E-state index in [0.717, 1.165) is 36.6 Å². The summed E-state index contributed by atoms with van der Waals surface area (Å²) in [6, 6.07) is 5.50. The SMILES string of the molecule is Nc1ccc2c(C(=O)NCC3CCC(O)CC3)c[nH]c2c1. The average Bonchev–Trinajstić information content (AvgIpc) is 2.89. The van der Waals surface area contributed by atoms with Gasteiger partial charge >= 0.3 is 0 Å². The Morgan fingerprint density at radius 3 is 2.86 bits per heavy atom. The molecular formula is C16H21N3O2. The first-order chi connectivity index (χ1) is 10.1. The summed E-state index contributed by atoms with van der Waals surface area (Å²) in [5, 5.41) is 13.4. The Bertz CT molecular complexity index is 642. The standard InChI is InChI=1S/C16H21N3O2/c17-11-3-6-13-14(9-18-15(13)7-11)16(21)19-8-10-1-4-12(20)5-2-10/h3,6-7,9-10,12,18,20H,1-2,4-5,8,17H2,(H,19,21). The van der Waals surface area contributed by atoms with Gasteiger partial charge in [-0.05, 0) is 49.8 Å². The number of aliphatic hydroxyl groups is 1. The molecule has 2 aromatic rings. The molecule has 3 rings (SSSR count). The number of rotatable bonds is 3. The maximum atomic E-state index is 12.3. The van der Waals surface area contributed by atoms with Crippen molar-refractivity contribution in [3.63, 3.8) is 0 Å². The number of hydrogen-bond donors (Lipinski definition) is 4. The largest absolute Gasteiger partial charge is 0.399 e. The summed E-state index contributed by atoms with van der Waals surface area (Å²) in [5.41, 5.74) is 7.94. The first kappa shape index (κ1) is 13.9. The fraction of sp³-hybridized carbons (Fsp3) is 0.438. The molecule has 21 heavy (non-hydrogen) atoms. The molecule has 112 valence electrons. The van der Waals surface area contributed by atoms with Crippen LogP contribution < -0.4 is 11.1 Å². The minimum atomic E-state index is -0.156. The van der Waals surface area contributed by atoms with Crippen LogP contribution in [0.2, 0.25) is 0 Å². The summed E-state index contributed by atoms with van der Waals surface area (Å²) in [6.45, 7) is 0.674. The molecule has 1 amide bonds. The molecule has 0 saturated heterocycles. The number of amides is 1. The summed E-state index contributed by atoms with van der Waals surface area (Å²) in [5.74, 6) is 0.412. The number of aromatic amines is 1. The van der Waals surface area contributed by atoms with Gasteiger partial charge in [0.15, 0.2) is 0 Å². The van der Waals surface area contributed by atoms with Crippen LogP contribution in [0.3, 0.4) is 0 Å². The van der Waals surface area contributed by atoms with E-state index in [2.05, 4.69) is 10.3 Å². The Morgan fingerprint density at radius 1 is 1.33 bits per heavy atom. The van der Waals surface area contributed by atoms with Gasteiger partial charge in [0.2, 0.25) is 0 Å². The highest BCUT2D eigenvalue weighted by Gasteiger charge is 2.20. The predicted octanol–water partition coefficient (Wildman–Crippen LogP) is 2.03. The first-order valence-electron chi connectivity index (χ1n) is 7.46. The number of aliphatic hydroxyl groups excluding tert-OH is 1. The number of nitrogen functional groups attached to an aromatic ring is 1. The number of anilines is 1. The average molecular weight is 287 g/mol. The highest BCUT2D eigenvalue weighted by atomic mass is 16.3. The molecular weight excluding hydrogens is 266 g/mol. The van der Waals surface area contributed by atoms with Gasteiger partial charge in [-0.2, -0.15) is 0 Å². The van der Waals surface area contributed by atoms with E-state index in [1.807, 2.05) is 12.1 Å². The number of benzene rings is 1. The van der Waals surface area contributed by atoms with Crippen LogP contribution in [0.25, 0.3) is 10.9 Å². The van der Waals surface area contributed by atoms with Crippen molar-refractivity contribution in [3.05, 3.63) is 30.0 Å². The number of H-pyrrole nitrogens is 1. The van der Waals surface area contributed by atoms with Gasteiger partial charge < -0.3 is 21.1 Å². The van der Waals surface area contributed by atoms with Crippen molar-refractivity contribution in [2.45, 2.75) is 31.8 Å². The van der Waals surface area contributed by atoms with Crippen molar-refractivity contribution >= 4 is 22.5 Å². The van der Waals surface area contributed by atoms with Gasteiger partial charge in [0.05, 0.1) is 11.7 Å². The Balaban J connectivity index is 1.64. The second-order valence-corrected chi connectivity index (χ2v) is 5.89. The molecule has 0 atom stereocenters. The van der Waals surface area contributed by atoms with E-state index in [1.165, 1.54) is 0 Å². The third-order valence-electron chi connectivity index (χ3n) is 4.32. The van der Waals surface area contributed by atoms with Gasteiger partial charge in [-0.15, -0.1) is 0 Å². The Hall–Kier alpha value is -2.01. The van der Waals surface area contributed by atoms with Gasteiger partial charge in [-0.3, -0.25) is 4.79 Å². The molecule has 0 bridgehead atoms. The van der Waals surface area contributed by atoms with E-state index < -0.39 is 0 Å². The van der Waals surface area contributed by atoms with Crippen LogP contribution in [0, 0.1) is 5.92 Å². The van der Waals surface area contributed by atoms with Crippen LogP contribution in [0.4, 0.5) is 5.69 Å². The molecule has 1 aliphatic carbocycles. The van der Waals surface area contributed by atoms with Crippen molar-refractivity contribution < 1.29 is 9.90 Å². The molecule has 5 N–H and O–H groups in total. The number of hydrogen-bond acceptors (Lipinski definition) is 3. The smallest absolute Gasteiger partial charge is 0.253 e. The molecule has 0 aliphatic heterocycles. The maximum Gasteiger partial charge on any atom is 0.253 e. The maximum absolute atomic E-state index is 12.3. The number of carbonyl (C=O) groups is 1. The topological polar surface area (TPSA) is 91.1 Å². The lowest BCUT2D eigenvalue weighted by atomic mass is 9.87. The molecule has 0 spiro atoms. The second kappa shape index (κ2) is 5.77. The molecule has 1 aliphatic rings. The number of fused-ring (bicyclic) bond motifs is 1. The molecule has 1 aromatic heterocycles. The van der Waals surface area contributed by atoms with Crippen LogP contribution in [0.15, 0.2) is 24.4 Å². The van der Waals surface area contributed by atoms with E-state index in [-0.39, 0.29) is 12.0 Å². The van der Waals surface area contributed by atoms with Gasteiger partial charge in [-0.1, -0.05) is 0 Å². The minimum Gasteiger partial charge on any atom is -0.399 e. The Kier molecular flexibility index (Phi) is 3.84. The summed E-state index contributed by atoms with van der Waals surface area (Å²) in [6.07, 6.45) is 5.21. The van der Waals surface area contributed by atoms with Gasteiger partial charge in [0, 0.05) is 29.3 Å². The summed E-state index contributed by atoms with van der Waals surface area (Å²) in [4.78, 5) is 15.4. The van der Waals surface area contributed by atoms with Crippen molar-refractivity contribution in [1.29, 1.82) is 0 Å². The lowest BCUT2D eigenvalue weighted by Crippen LogP contribution is -2.32. The molecule has 1 heterocycles. The van der Waals surface area contributed by atoms with Crippen molar-refractivity contribution in [2.24, 2.45) is 5.92 Å². The highest BCUT2D eigenvalue weighted by molar-refractivity contribution is 6.07. The van der Waals surface area contributed by atoms with Crippen molar-refractivity contribution in [2.75, 3.05) is 12.3 Å². The molecule has 1 aromatic carbocycles. The number of nitrogens with one attached hydrogen (secondary N) is 2. The quantitative estimate of drug-likeness (QED) is 0.651. The normalized spacial score (nSPS) is 22.3. The Morgan fingerprint density at radius 2 is 2.10 bits per heavy atom. The monoisotopic (exact) mass is 287 g/mol. The minimum absolute atomic E-state index is 0.0582. The van der Waals surface area contributed by atoms with E-state index in [9.17, 15) is 9.90 Å². The lowest BCUT2D eigenvalue weighted by molar-refractivity contribution is 0.0911. The van der Waals surface area contributed by atoms with Gasteiger partial charge in [-0.25, -0.2) is 0 Å². The molecule has 5 nitrogen and oxygen atoms in total. The van der Waals surface area contributed by atoms with Crippen LogP contribution in [0.1, 0.15) is 36.0 Å². The number of nitrogens with two attached hydrogens (primary N) is 1. The van der Waals surface area contributed by atoms with Crippen molar-refractivity contribution in [1.82, 2.24) is 10.3 Å². The first-order valence-corrected chi connectivity index (χ1v) is 7.46. The van der Waals surface area contributed by atoms with E-state index in [4.69, 9.17) is 5.73 Å². The molecule has 5 heteroatoms. The zero-order valence-electron chi connectivity index (χ0n) is 11.9. The summed E-state index contributed by atoms with van der Waals surface area (Å²) < 4.78 is 0. The lowest BCUT2D eigenvalue weighted by Gasteiger charge is -2.25. The van der Waals surface area contributed by atoms with Crippen LogP contribution in [-0.4, -0.2) is 28.6 Å². The molecule has 1 saturated carbocycles. The number of carbonyl (C=O) groups excluding carboxylic acids is 1. The number of aromatic nitrogens is 1.